The van der Waals surface area contributed by atoms with Crippen LogP contribution in [0.5, 0.6) is 0 Å². The number of unbranched alkanes of at least 4 members (excludes halogenated alkanes) is 2. The Morgan fingerprint density at radius 1 is 1.55 bits per heavy atom. The number of hydrogen-bond acceptors (Lipinski definition) is 2. The maximum Gasteiger partial charge on any atom is 0.143 e. The molecule has 1 unspecified atom stereocenters. The van der Waals surface area contributed by atoms with E-state index >= 15 is 0 Å². The van der Waals surface area contributed by atoms with Crippen LogP contribution in [0.1, 0.15) is 32.6 Å². The summed E-state index contributed by atoms with van der Waals surface area (Å²) in [5.74, 6) is 0. The zero-order valence-electron chi connectivity index (χ0n) is 7.18. The van der Waals surface area contributed by atoms with Crippen LogP contribution < -0.4 is 5.73 Å². The number of aldehydes is 1. The Balaban J connectivity index is 3.69. The monoisotopic (exact) mass is 155 g/mol. The molecular weight excluding hydrogens is 138 g/mol. The zero-order valence-corrected chi connectivity index (χ0v) is 7.18. The van der Waals surface area contributed by atoms with E-state index in [9.17, 15) is 4.79 Å². The molecule has 0 aromatic carbocycles. The molecule has 2 heteroatoms. The molecule has 2 nitrogen and oxygen atoms in total. The van der Waals surface area contributed by atoms with Gasteiger partial charge in [0.1, 0.15) is 6.29 Å². The molecule has 64 valence electrons. The fraction of sp³-hybridized carbons (Fsp3) is 0.667. The lowest BCUT2D eigenvalue weighted by Crippen LogP contribution is -2.38. The first-order chi connectivity index (χ1) is 5.18. The van der Waals surface area contributed by atoms with E-state index < -0.39 is 5.54 Å². The van der Waals surface area contributed by atoms with Crippen LogP contribution in [0.4, 0.5) is 0 Å². The van der Waals surface area contributed by atoms with Gasteiger partial charge >= 0.3 is 0 Å². The van der Waals surface area contributed by atoms with Crippen molar-refractivity contribution in [3.63, 3.8) is 0 Å². The number of carbonyl (C=O) groups excluding carboxylic acids is 1. The second-order valence-corrected chi connectivity index (χ2v) is 2.89. The van der Waals surface area contributed by atoms with E-state index in [1.807, 2.05) is 0 Å². The van der Waals surface area contributed by atoms with Crippen LogP contribution in [0, 0.1) is 0 Å². The van der Waals surface area contributed by atoms with Crippen molar-refractivity contribution in [2.24, 2.45) is 5.73 Å². The fourth-order valence-corrected chi connectivity index (χ4v) is 0.890. The molecule has 0 aliphatic heterocycles. The van der Waals surface area contributed by atoms with Crippen LogP contribution in [-0.2, 0) is 4.79 Å². The highest BCUT2D eigenvalue weighted by Crippen LogP contribution is 2.10. The largest absolute Gasteiger partial charge is 0.316 e. The Kier molecular flexibility index (Phi) is 4.79. The number of nitrogens with two attached hydrogens (primary N) is 1. The maximum atomic E-state index is 10.5. The highest BCUT2D eigenvalue weighted by Gasteiger charge is 2.17. The minimum atomic E-state index is -0.783. The normalized spacial score (nSPS) is 15.5. The molecule has 11 heavy (non-hydrogen) atoms. The molecule has 0 radical (unpaired) electrons. The van der Waals surface area contributed by atoms with Crippen molar-refractivity contribution >= 4 is 6.29 Å². The quantitative estimate of drug-likeness (QED) is 0.360. The molecule has 0 spiro atoms. The molecule has 0 rings (SSSR count). The Morgan fingerprint density at radius 3 is 2.55 bits per heavy atom. The molecule has 1 atom stereocenters. The summed E-state index contributed by atoms with van der Waals surface area (Å²) in [4.78, 5) is 10.5. The average molecular weight is 155 g/mol. The standard InChI is InChI=1S/C9H17NO/c1-3-5-6-7-9(10,4-2)8-11/h4,8H,2-3,5-7,10H2,1H3. The van der Waals surface area contributed by atoms with Crippen LogP contribution in [-0.4, -0.2) is 11.8 Å². The molecule has 0 bridgehead atoms. The van der Waals surface area contributed by atoms with Crippen LogP contribution in [0.2, 0.25) is 0 Å². The first-order valence-corrected chi connectivity index (χ1v) is 4.07. The molecular formula is C9H17NO. The fourth-order valence-electron chi connectivity index (χ4n) is 0.890. The maximum absolute atomic E-state index is 10.5. The number of carbonyl (C=O) groups is 1. The van der Waals surface area contributed by atoms with Gasteiger partial charge < -0.3 is 10.5 Å². The third kappa shape index (κ3) is 3.94. The van der Waals surface area contributed by atoms with Crippen molar-refractivity contribution in [2.45, 2.75) is 38.1 Å². The van der Waals surface area contributed by atoms with Crippen LogP contribution in [0.3, 0.4) is 0 Å². The van der Waals surface area contributed by atoms with Crippen molar-refractivity contribution in [1.82, 2.24) is 0 Å². The van der Waals surface area contributed by atoms with E-state index in [4.69, 9.17) is 5.73 Å². The molecule has 0 aromatic rings. The van der Waals surface area contributed by atoms with Gasteiger partial charge in [0.25, 0.3) is 0 Å². The molecule has 2 N–H and O–H groups in total. The lowest BCUT2D eigenvalue weighted by molar-refractivity contribution is -0.111. The van der Waals surface area contributed by atoms with Crippen molar-refractivity contribution in [3.8, 4) is 0 Å². The topological polar surface area (TPSA) is 43.1 Å². The molecule has 0 aromatic heterocycles. The summed E-state index contributed by atoms with van der Waals surface area (Å²) >= 11 is 0. The molecule has 0 saturated heterocycles. The van der Waals surface area contributed by atoms with Gasteiger partial charge in [-0.05, 0) is 6.42 Å². The van der Waals surface area contributed by atoms with E-state index in [1.165, 1.54) is 6.08 Å². The Labute approximate surface area is 68.5 Å². The summed E-state index contributed by atoms with van der Waals surface area (Å²) < 4.78 is 0. The van der Waals surface area contributed by atoms with Crippen LogP contribution >= 0.6 is 0 Å². The van der Waals surface area contributed by atoms with Gasteiger partial charge in [0.15, 0.2) is 0 Å². The molecule has 0 aliphatic rings. The van der Waals surface area contributed by atoms with Gasteiger partial charge in [-0.3, -0.25) is 0 Å². The van der Waals surface area contributed by atoms with Gasteiger partial charge in [0, 0.05) is 0 Å². The summed E-state index contributed by atoms with van der Waals surface area (Å²) in [6.45, 7) is 5.64. The van der Waals surface area contributed by atoms with E-state index in [1.54, 1.807) is 0 Å². The van der Waals surface area contributed by atoms with Crippen LogP contribution in [0.25, 0.3) is 0 Å². The van der Waals surface area contributed by atoms with Crippen molar-refractivity contribution in [2.75, 3.05) is 0 Å². The summed E-state index contributed by atoms with van der Waals surface area (Å²) in [7, 11) is 0. The second kappa shape index (κ2) is 5.08. The van der Waals surface area contributed by atoms with Gasteiger partial charge in [0.05, 0.1) is 5.54 Å². The molecule has 0 fully saturated rings. The summed E-state index contributed by atoms with van der Waals surface area (Å²) in [5, 5.41) is 0. The van der Waals surface area contributed by atoms with Gasteiger partial charge in [0.2, 0.25) is 0 Å². The smallest absolute Gasteiger partial charge is 0.143 e. The molecule has 0 heterocycles. The van der Waals surface area contributed by atoms with E-state index in [-0.39, 0.29) is 0 Å². The first kappa shape index (κ1) is 10.4. The van der Waals surface area contributed by atoms with E-state index in [2.05, 4.69) is 13.5 Å². The van der Waals surface area contributed by atoms with Crippen LogP contribution in [0.15, 0.2) is 12.7 Å². The van der Waals surface area contributed by atoms with Crippen molar-refractivity contribution in [3.05, 3.63) is 12.7 Å². The predicted molar refractivity (Wildman–Crippen MR) is 47.3 cm³/mol. The van der Waals surface area contributed by atoms with Gasteiger partial charge in [-0.1, -0.05) is 32.3 Å². The summed E-state index contributed by atoms with van der Waals surface area (Å²) in [5.41, 5.74) is 4.87. The zero-order chi connectivity index (χ0) is 8.74. The Morgan fingerprint density at radius 2 is 2.18 bits per heavy atom. The first-order valence-electron chi connectivity index (χ1n) is 4.07. The van der Waals surface area contributed by atoms with Crippen molar-refractivity contribution < 1.29 is 4.79 Å². The third-order valence-corrected chi connectivity index (χ3v) is 1.81. The lowest BCUT2D eigenvalue weighted by Gasteiger charge is -2.17. The second-order valence-electron chi connectivity index (χ2n) is 2.89. The van der Waals surface area contributed by atoms with Gasteiger partial charge in [-0.2, -0.15) is 0 Å². The average Bonchev–Trinajstić information content (AvgIpc) is 2.05. The predicted octanol–water partition coefficient (Wildman–Crippen LogP) is 1.65. The third-order valence-electron chi connectivity index (χ3n) is 1.81. The minimum Gasteiger partial charge on any atom is -0.316 e. The highest BCUT2D eigenvalue weighted by molar-refractivity contribution is 5.67. The number of rotatable bonds is 6. The molecule has 0 saturated carbocycles. The SMILES string of the molecule is C=CC(N)(C=O)CCCCC. The number of hydrogen-bond donors (Lipinski definition) is 1. The minimum absolute atomic E-state index is 0.716. The van der Waals surface area contributed by atoms with Gasteiger partial charge in [-0.15, -0.1) is 6.58 Å². The van der Waals surface area contributed by atoms with E-state index in [0.717, 1.165) is 25.5 Å². The molecule has 0 aliphatic carbocycles. The summed E-state index contributed by atoms with van der Waals surface area (Å²) in [6.07, 6.45) is 6.28. The lowest BCUT2D eigenvalue weighted by atomic mass is 9.95. The Bertz CT molecular complexity index is 124. The molecule has 0 amide bonds. The Hall–Kier alpha value is -0.630. The van der Waals surface area contributed by atoms with Crippen molar-refractivity contribution in [1.29, 1.82) is 0 Å². The van der Waals surface area contributed by atoms with Gasteiger partial charge in [-0.25, -0.2) is 0 Å². The highest BCUT2D eigenvalue weighted by atomic mass is 16.1. The van der Waals surface area contributed by atoms with E-state index in [0.29, 0.717) is 6.42 Å². The summed E-state index contributed by atoms with van der Waals surface area (Å²) in [6, 6.07) is 0.